The summed E-state index contributed by atoms with van der Waals surface area (Å²) in [4.78, 5) is 23.9. The minimum Gasteiger partial charge on any atom is -0.410 e. The van der Waals surface area contributed by atoms with Crippen molar-refractivity contribution >= 4 is 45.0 Å². The van der Waals surface area contributed by atoms with E-state index in [0.717, 1.165) is 10.0 Å². The van der Waals surface area contributed by atoms with Crippen LogP contribution in [0.4, 0.5) is 16.2 Å². The molecule has 0 spiro atoms. The fourth-order valence-corrected chi connectivity index (χ4v) is 2.91. The van der Waals surface area contributed by atoms with E-state index in [1.54, 1.807) is 6.07 Å². The van der Waals surface area contributed by atoms with E-state index in [1.165, 1.54) is 29.2 Å². The highest BCUT2D eigenvalue weighted by Gasteiger charge is 2.27. The van der Waals surface area contributed by atoms with Gasteiger partial charge in [-0.05, 0) is 52.2 Å². The summed E-state index contributed by atoms with van der Waals surface area (Å²) in [5.74, 6) is 0.247. The van der Waals surface area contributed by atoms with Crippen molar-refractivity contribution in [3.8, 4) is 5.75 Å². The predicted molar refractivity (Wildman–Crippen MR) is 89.3 cm³/mol. The molecule has 0 aromatic heterocycles. The van der Waals surface area contributed by atoms with Gasteiger partial charge in [-0.2, -0.15) is 0 Å². The first-order valence-electron chi connectivity index (χ1n) is 6.67. The number of nitro groups is 1. The van der Waals surface area contributed by atoms with Crippen LogP contribution < -0.4 is 9.64 Å². The topological polar surface area (TPSA) is 72.7 Å². The molecule has 0 N–H and O–H groups in total. The molecule has 118 valence electrons. The van der Waals surface area contributed by atoms with Gasteiger partial charge in [0, 0.05) is 23.2 Å². The number of fused-ring (bicyclic) bond motifs is 1. The van der Waals surface area contributed by atoms with Gasteiger partial charge in [-0.1, -0.05) is 11.6 Å². The number of benzene rings is 2. The van der Waals surface area contributed by atoms with Gasteiger partial charge in [0.15, 0.2) is 0 Å². The zero-order valence-electron chi connectivity index (χ0n) is 11.7. The van der Waals surface area contributed by atoms with Gasteiger partial charge in [0.05, 0.1) is 15.6 Å². The van der Waals surface area contributed by atoms with E-state index >= 15 is 0 Å². The molecule has 0 bridgehead atoms. The molecule has 1 amide bonds. The lowest BCUT2D eigenvalue weighted by Crippen LogP contribution is -2.31. The van der Waals surface area contributed by atoms with Crippen LogP contribution in [0.3, 0.4) is 0 Å². The molecule has 0 saturated heterocycles. The monoisotopic (exact) mass is 396 g/mol. The van der Waals surface area contributed by atoms with Crippen LogP contribution >= 0.6 is 27.5 Å². The summed E-state index contributed by atoms with van der Waals surface area (Å²) in [6.07, 6.45) is 0.163. The third-order valence-corrected chi connectivity index (χ3v) is 4.69. The molecule has 0 atom stereocenters. The Labute approximate surface area is 144 Å². The molecule has 1 aliphatic rings. The van der Waals surface area contributed by atoms with Crippen molar-refractivity contribution in [2.45, 2.75) is 6.42 Å². The summed E-state index contributed by atoms with van der Waals surface area (Å²) in [6, 6.07) is 8.95. The molecule has 3 rings (SSSR count). The Morgan fingerprint density at radius 3 is 2.65 bits per heavy atom. The minimum absolute atomic E-state index is 0.0621. The standard InChI is InChI=1S/C15H10BrClN2O4/c16-12-7-9-5-6-18(14(9)8-13(12)17)15(20)23-11-3-1-10(2-4-11)19(21)22/h1-4,7-8H,5-6H2. The number of anilines is 1. The Kier molecular flexibility index (Phi) is 4.23. The fourth-order valence-electron chi connectivity index (χ4n) is 2.36. The van der Waals surface area contributed by atoms with Crippen molar-refractivity contribution in [3.05, 3.63) is 61.6 Å². The van der Waals surface area contributed by atoms with Crippen molar-refractivity contribution in [1.29, 1.82) is 0 Å². The normalized spacial score (nSPS) is 12.9. The third-order valence-electron chi connectivity index (χ3n) is 3.49. The van der Waals surface area contributed by atoms with E-state index in [0.29, 0.717) is 23.7 Å². The summed E-state index contributed by atoms with van der Waals surface area (Å²) in [5.41, 5.74) is 1.65. The van der Waals surface area contributed by atoms with Crippen molar-refractivity contribution < 1.29 is 14.5 Å². The van der Waals surface area contributed by atoms with Crippen LogP contribution in [0, 0.1) is 10.1 Å². The predicted octanol–water partition coefficient (Wildman–Crippen LogP) is 4.57. The maximum atomic E-state index is 12.3. The molecule has 0 radical (unpaired) electrons. The van der Waals surface area contributed by atoms with Crippen molar-refractivity contribution in [3.63, 3.8) is 0 Å². The number of rotatable bonds is 2. The van der Waals surface area contributed by atoms with E-state index in [4.69, 9.17) is 16.3 Å². The van der Waals surface area contributed by atoms with E-state index < -0.39 is 11.0 Å². The van der Waals surface area contributed by atoms with Crippen LogP contribution in [0.1, 0.15) is 5.56 Å². The minimum atomic E-state index is -0.545. The number of ether oxygens (including phenoxy) is 1. The number of hydrogen-bond acceptors (Lipinski definition) is 4. The van der Waals surface area contributed by atoms with Crippen molar-refractivity contribution in [2.75, 3.05) is 11.4 Å². The van der Waals surface area contributed by atoms with E-state index in [-0.39, 0.29) is 11.4 Å². The molecular formula is C15H10BrClN2O4. The molecule has 0 saturated carbocycles. The highest BCUT2D eigenvalue weighted by molar-refractivity contribution is 9.10. The van der Waals surface area contributed by atoms with Crippen LogP contribution in [0.15, 0.2) is 40.9 Å². The number of carbonyl (C=O) groups is 1. The van der Waals surface area contributed by atoms with Crippen LogP contribution in [-0.2, 0) is 6.42 Å². The average Bonchev–Trinajstić information content (AvgIpc) is 2.91. The fraction of sp³-hybridized carbons (Fsp3) is 0.133. The highest BCUT2D eigenvalue weighted by atomic mass is 79.9. The Balaban J connectivity index is 1.78. The molecule has 1 aliphatic heterocycles. The SMILES string of the molecule is O=C(Oc1ccc([N+](=O)[O-])cc1)N1CCc2cc(Br)c(Cl)cc21. The molecular weight excluding hydrogens is 388 g/mol. The Morgan fingerprint density at radius 2 is 2.00 bits per heavy atom. The van der Waals surface area contributed by atoms with Crippen molar-refractivity contribution in [2.24, 2.45) is 0 Å². The number of amides is 1. The van der Waals surface area contributed by atoms with Gasteiger partial charge in [0.1, 0.15) is 5.75 Å². The molecule has 23 heavy (non-hydrogen) atoms. The first kappa shape index (κ1) is 15.8. The van der Waals surface area contributed by atoms with Crippen molar-refractivity contribution in [1.82, 2.24) is 0 Å². The summed E-state index contributed by atoms with van der Waals surface area (Å²) >= 11 is 9.44. The van der Waals surface area contributed by atoms with Gasteiger partial charge in [-0.15, -0.1) is 0 Å². The summed E-state index contributed by atoms with van der Waals surface area (Å²) < 4.78 is 6.05. The highest BCUT2D eigenvalue weighted by Crippen LogP contribution is 2.36. The second-order valence-electron chi connectivity index (χ2n) is 4.92. The van der Waals surface area contributed by atoms with Crippen LogP contribution in [0.25, 0.3) is 0 Å². The smallest absolute Gasteiger partial charge is 0.410 e. The first-order valence-corrected chi connectivity index (χ1v) is 7.84. The largest absolute Gasteiger partial charge is 0.419 e. The Bertz CT molecular complexity index is 795. The van der Waals surface area contributed by atoms with Gasteiger partial charge < -0.3 is 4.74 Å². The number of nitrogens with zero attached hydrogens (tertiary/aromatic N) is 2. The molecule has 0 aliphatic carbocycles. The van der Waals surface area contributed by atoms with Gasteiger partial charge in [0.2, 0.25) is 0 Å². The molecule has 2 aromatic rings. The molecule has 1 heterocycles. The third kappa shape index (κ3) is 3.16. The number of carbonyl (C=O) groups excluding carboxylic acids is 1. The van der Waals surface area contributed by atoms with Crippen LogP contribution in [0.5, 0.6) is 5.75 Å². The van der Waals surface area contributed by atoms with Crippen LogP contribution in [-0.4, -0.2) is 17.6 Å². The van der Waals surface area contributed by atoms with Gasteiger partial charge in [-0.25, -0.2) is 4.79 Å². The second-order valence-corrected chi connectivity index (χ2v) is 6.18. The Morgan fingerprint density at radius 1 is 1.30 bits per heavy atom. The van der Waals surface area contributed by atoms with Gasteiger partial charge in [0.25, 0.3) is 5.69 Å². The molecule has 2 aromatic carbocycles. The maximum Gasteiger partial charge on any atom is 0.419 e. The lowest BCUT2D eigenvalue weighted by molar-refractivity contribution is -0.384. The molecule has 6 nitrogen and oxygen atoms in total. The zero-order valence-corrected chi connectivity index (χ0v) is 14.0. The van der Waals surface area contributed by atoms with Gasteiger partial charge in [-0.3, -0.25) is 15.0 Å². The maximum absolute atomic E-state index is 12.3. The van der Waals surface area contributed by atoms with E-state index in [9.17, 15) is 14.9 Å². The van der Waals surface area contributed by atoms with E-state index in [1.807, 2.05) is 6.07 Å². The number of nitro benzene ring substituents is 1. The average molecular weight is 398 g/mol. The quantitative estimate of drug-likeness (QED) is 0.549. The number of halogens is 2. The zero-order chi connectivity index (χ0) is 16.6. The molecule has 0 unspecified atom stereocenters. The molecule has 0 fully saturated rings. The summed E-state index contributed by atoms with van der Waals surface area (Å²) in [7, 11) is 0. The number of hydrogen-bond donors (Lipinski definition) is 0. The number of non-ortho nitro benzene ring substituents is 1. The summed E-state index contributed by atoms with van der Waals surface area (Å²) in [6.45, 7) is 0.494. The van der Waals surface area contributed by atoms with Gasteiger partial charge >= 0.3 is 6.09 Å². The Hall–Kier alpha value is -2.12. The second kappa shape index (κ2) is 6.17. The molecule has 8 heteroatoms. The summed E-state index contributed by atoms with van der Waals surface area (Å²) in [5, 5.41) is 11.1. The lowest BCUT2D eigenvalue weighted by atomic mass is 10.2. The lowest BCUT2D eigenvalue weighted by Gasteiger charge is -2.17. The van der Waals surface area contributed by atoms with E-state index in [2.05, 4.69) is 15.9 Å². The van der Waals surface area contributed by atoms with Crippen LogP contribution in [0.2, 0.25) is 5.02 Å². The first-order chi connectivity index (χ1) is 11.0.